The average molecular weight is 719 g/mol. The molecule has 3 aliphatic carbocycles. The predicted octanol–water partition coefficient (Wildman–Crippen LogP) is 5.10. The number of benzene rings is 2. The standard InChI is InChI=1S/C36H35IN2O6/c1-19-14-28(40)32-26(33(19)41)17-25-23(30(32)21-15-27(37)34(42)29(16-21)45-2)8-9-24-31(25)36(44)39(35(24)43)22-10-12-38(13-11-22)18-20-6-4-3-5-7-20/h3-8,14-16,22,24-25,30-31,42H,9-13,17-18H2,1-2H3/t24-,25+,30-,31-/m0/s1. The quantitative estimate of drug-likeness (QED) is 0.199. The molecule has 2 saturated heterocycles. The Morgan fingerprint density at radius 3 is 2.44 bits per heavy atom. The van der Waals surface area contributed by atoms with Crippen molar-refractivity contribution in [3.8, 4) is 11.5 Å². The fraction of sp³-hybridized carbons (Fsp3) is 0.389. The van der Waals surface area contributed by atoms with Gasteiger partial charge in [0.05, 0.1) is 22.5 Å². The number of carbonyl (C=O) groups is 4. The molecule has 45 heavy (non-hydrogen) atoms. The Kier molecular flexibility index (Phi) is 7.80. The molecule has 5 aliphatic rings. The number of piperidine rings is 1. The minimum atomic E-state index is -0.582. The number of carbonyl (C=O) groups excluding carboxylic acids is 4. The average Bonchev–Trinajstić information content (AvgIpc) is 3.30. The van der Waals surface area contributed by atoms with E-state index in [0.717, 1.165) is 38.0 Å². The fourth-order valence-corrected chi connectivity index (χ4v) is 8.86. The number of phenols is 1. The molecule has 2 heterocycles. The highest BCUT2D eigenvalue weighted by molar-refractivity contribution is 14.1. The van der Waals surface area contributed by atoms with Gasteiger partial charge in [-0.15, -0.1) is 0 Å². The van der Waals surface area contributed by atoms with Gasteiger partial charge in [-0.1, -0.05) is 42.0 Å². The van der Waals surface area contributed by atoms with Crippen molar-refractivity contribution in [2.45, 2.75) is 51.1 Å². The summed E-state index contributed by atoms with van der Waals surface area (Å²) in [6, 6.07) is 13.7. The predicted molar refractivity (Wildman–Crippen MR) is 175 cm³/mol. The molecule has 2 aliphatic heterocycles. The Morgan fingerprint density at radius 2 is 1.73 bits per heavy atom. The van der Waals surface area contributed by atoms with Crippen LogP contribution in [-0.4, -0.2) is 64.5 Å². The number of allylic oxidation sites excluding steroid dienone is 6. The van der Waals surface area contributed by atoms with Crippen LogP contribution in [0.15, 0.2) is 76.9 Å². The first-order chi connectivity index (χ1) is 21.7. The van der Waals surface area contributed by atoms with Gasteiger partial charge in [-0.05, 0) is 90.5 Å². The van der Waals surface area contributed by atoms with Crippen LogP contribution in [0.5, 0.6) is 11.5 Å². The van der Waals surface area contributed by atoms with Gasteiger partial charge < -0.3 is 9.84 Å². The second-order valence-electron chi connectivity index (χ2n) is 12.8. The van der Waals surface area contributed by atoms with Crippen molar-refractivity contribution in [2.75, 3.05) is 20.2 Å². The number of nitrogens with zero attached hydrogens (tertiary/aromatic N) is 2. The minimum Gasteiger partial charge on any atom is -0.504 e. The Bertz CT molecular complexity index is 1720. The number of methoxy groups -OCH3 is 1. The van der Waals surface area contributed by atoms with E-state index in [2.05, 4.69) is 17.0 Å². The van der Waals surface area contributed by atoms with Gasteiger partial charge >= 0.3 is 0 Å². The Labute approximate surface area is 275 Å². The van der Waals surface area contributed by atoms with E-state index in [1.807, 2.05) is 52.9 Å². The molecule has 7 rings (SSSR count). The van der Waals surface area contributed by atoms with Gasteiger partial charge in [0.25, 0.3) is 0 Å². The molecule has 8 nitrogen and oxygen atoms in total. The normalized spacial score (nSPS) is 27.2. The van der Waals surface area contributed by atoms with E-state index in [-0.39, 0.29) is 53.3 Å². The molecule has 2 amide bonds. The summed E-state index contributed by atoms with van der Waals surface area (Å²) >= 11 is 2.03. The van der Waals surface area contributed by atoms with Gasteiger partial charge in [0.2, 0.25) is 11.8 Å². The number of hydrogen-bond acceptors (Lipinski definition) is 7. The molecule has 0 bridgehead atoms. The summed E-state index contributed by atoms with van der Waals surface area (Å²) in [5.41, 5.74) is 4.10. The molecule has 0 radical (unpaired) electrons. The number of fused-ring (bicyclic) bond motifs is 3. The van der Waals surface area contributed by atoms with Gasteiger partial charge in [-0.2, -0.15) is 0 Å². The summed E-state index contributed by atoms with van der Waals surface area (Å²) in [6.45, 7) is 4.11. The van der Waals surface area contributed by atoms with E-state index >= 15 is 0 Å². The molecule has 0 spiro atoms. The number of ether oxygens (including phenoxy) is 1. The van der Waals surface area contributed by atoms with Crippen molar-refractivity contribution < 1.29 is 29.0 Å². The summed E-state index contributed by atoms with van der Waals surface area (Å²) in [6.07, 6.45) is 5.56. The van der Waals surface area contributed by atoms with E-state index in [9.17, 15) is 24.3 Å². The van der Waals surface area contributed by atoms with Crippen LogP contribution in [0.25, 0.3) is 0 Å². The molecule has 0 aromatic heterocycles. The molecule has 2 fully saturated rings. The fourth-order valence-electron chi connectivity index (χ4n) is 8.24. The maximum atomic E-state index is 14.3. The molecule has 0 saturated carbocycles. The zero-order valence-corrected chi connectivity index (χ0v) is 27.5. The minimum absolute atomic E-state index is 0.00455. The van der Waals surface area contributed by atoms with Gasteiger partial charge in [0.15, 0.2) is 23.1 Å². The maximum absolute atomic E-state index is 14.3. The van der Waals surface area contributed by atoms with E-state index in [1.54, 1.807) is 17.9 Å². The van der Waals surface area contributed by atoms with Crippen LogP contribution in [0.3, 0.4) is 0 Å². The number of amides is 2. The van der Waals surface area contributed by atoms with Gasteiger partial charge in [0.1, 0.15) is 0 Å². The van der Waals surface area contributed by atoms with Crippen molar-refractivity contribution >= 4 is 46.0 Å². The van der Waals surface area contributed by atoms with Crippen LogP contribution in [0.2, 0.25) is 0 Å². The first kappa shape index (κ1) is 30.1. The summed E-state index contributed by atoms with van der Waals surface area (Å²) < 4.78 is 6.01. The lowest BCUT2D eigenvalue weighted by molar-refractivity contribution is -0.144. The highest BCUT2D eigenvalue weighted by Gasteiger charge is 2.57. The highest BCUT2D eigenvalue weighted by atomic mass is 127. The van der Waals surface area contributed by atoms with Crippen molar-refractivity contribution in [3.63, 3.8) is 0 Å². The van der Waals surface area contributed by atoms with Crippen LogP contribution in [0.4, 0.5) is 0 Å². The summed E-state index contributed by atoms with van der Waals surface area (Å²) in [7, 11) is 1.47. The molecule has 232 valence electrons. The van der Waals surface area contributed by atoms with Gasteiger partial charge in [-0.25, -0.2) is 0 Å². The molecule has 1 N–H and O–H groups in total. The van der Waals surface area contributed by atoms with E-state index in [1.165, 1.54) is 18.7 Å². The third kappa shape index (κ3) is 4.99. The van der Waals surface area contributed by atoms with Gasteiger partial charge in [0, 0.05) is 48.3 Å². The number of phenolic OH excluding ortho intramolecular Hbond substituents is 1. The third-order valence-electron chi connectivity index (χ3n) is 10.4. The third-order valence-corrected chi connectivity index (χ3v) is 11.2. The summed E-state index contributed by atoms with van der Waals surface area (Å²) in [4.78, 5) is 59.3. The monoisotopic (exact) mass is 718 g/mol. The Hall–Kier alpha value is -3.57. The summed E-state index contributed by atoms with van der Waals surface area (Å²) in [5, 5.41) is 10.6. The van der Waals surface area contributed by atoms with Crippen molar-refractivity contribution in [1.82, 2.24) is 9.80 Å². The van der Waals surface area contributed by atoms with Crippen molar-refractivity contribution in [2.24, 2.45) is 17.8 Å². The van der Waals surface area contributed by atoms with Crippen molar-refractivity contribution in [1.29, 1.82) is 0 Å². The number of aromatic hydroxyl groups is 1. The van der Waals surface area contributed by atoms with Crippen LogP contribution in [-0.2, 0) is 25.7 Å². The van der Waals surface area contributed by atoms with E-state index < -0.39 is 17.8 Å². The molecular weight excluding hydrogens is 683 g/mol. The Balaban J connectivity index is 1.21. The zero-order chi connectivity index (χ0) is 31.6. The Morgan fingerprint density at radius 1 is 1.00 bits per heavy atom. The number of rotatable bonds is 5. The lowest BCUT2D eigenvalue weighted by atomic mass is 9.59. The summed E-state index contributed by atoms with van der Waals surface area (Å²) in [5.74, 6) is -2.40. The molecule has 2 aromatic carbocycles. The number of hydrogen-bond donors (Lipinski definition) is 1. The molecule has 4 atom stereocenters. The maximum Gasteiger partial charge on any atom is 0.233 e. The number of ketones is 2. The van der Waals surface area contributed by atoms with Crippen LogP contribution in [0, 0.1) is 21.3 Å². The van der Waals surface area contributed by atoms with Gasteiger partial charge in [-0.3, -0.25) is 29.0 Å². The number of likely N-dealkylation sites (tertiary alicyclic amines) is 2. The zero-order valence-electron chi connectivity index (χ0n) is 25.3. The van der Waals surface area contributed by atoms with Crippen LogP contribution >= 0.6 is 22.6 Å². The molecule has 9 heteroatoms. The molecule has 0 unspecified atom stereocenters. The SMILES string of the molecule is COc1cc([C@H]2C3=CC[C@@H]4C(=O)N(C5CCN(Cc6ccccc6)CC5)C(=O)[C@@H]4[C@@H]3CC3=C2C(=O)C=C(C)C3=O)cc(I)c1O. The highest BCUT2D eigenvalue weighted by Crippen LogP contribution is 2.56. The second-order valence-corrected chi connectivity index (χ2v) is 14.0. The largest absolute Gasteiger partial charge is 0.504 e. The van der Waals surface area contributed by atoms with Crippen LogP contribution in [0.1, 0.15) is 49.7 Å². The first-order valence-electron chi connectivity index (χ1n) is 15.6. The van der Waals surface area contributed by atoms with Crippen LogP contribution < -0.4 is 4.74 Å². The number of halogens is 1. The van der Waals surface area contributed by atoms with E-state index in [4.69, 9.17) is 4.74 Å². The topological polar surface area (TPSA) is 104 Å². The lowest BCUT2D eigenvalue weighted by Gasteiger charge is -2.42. The van der Waals surface area contributed by atoms with E-state index in [0.29, 0.717) is 32.3 Å². The number of Topliss-reactive ketones (excluding diaryl/α,β-unsaturated/α-hetero) is 1. The lowest BCUT2D eigenvalue weighted by Crippen LogP contribution is -2.47. The molecule has 2 aromatic rings. The second kappa shape index (κ2) is 11.7. The number of imide groups is 1. The van der Waals surface area contributed by atoms with Crippen molar-refractivity contribution in [3.05, 3.63) is 91.6 Å². The first-order valence-corrected chi connectivity index (χ1v) is 16.7. The smallest absolute Gasteiger partial charge is 0.233 e. The molecular formula is C36H35IN2O6.